The quantitative estimate of drug-likeness (QED) is 0.778. The van der Waals surface area contributed by atoms with Gasteiger partial charge < -0.3 is 15.0 Å². The number of piperidine rings is 1. The topological polar surface area (TPSA) is 37.4 Å². The molecule has 1 N–H and O–H groups in total. The zero-order valence-corrected chi connectivity index (χ0v) is 12.8. The summed E-state index contributed by atoms with van der Waals surface area (Å²) in [4.78, 5) is 7.08. The molecule has 0 bridgehead atoms. The lowest BCUT2D eigenvalue weighted by molar-refractivity contribution is 0.326. The average molecular weight is 277 g/mol. The lowest BCUT2D eigenvalue weighted by atomic mass is 10.0. The van der Waals surface area contributed by atoms with Crippen LogP contribution >= 0.6 is 0 Å². The highest BCUT2D eigenvalue weighted by Gasteiger charge is 2.23. The maximum absolute atomic E-state index is 5.52. The second-order valence-electron chi connectivity index (χ2n) is 5.31. The van der Waals surface area contributed by atoms with Crippen molar-refractivity contribution in [2.45, 2.75) is 45.6 Å². The highest BCUT2D eigenvalue weighted by Crippen LogP contribution is 2.24. The first-order chi connectivity index (χ1) is 9.85. The molecule has 1 aromatic heterocycles. The zero-order chi connectivity index (χ0) is 14.2. The molecule has 0 amide bonds. The number of aromatic nitrogens is 1. The molecule has 1 aliphatic rings. The van der Waals surface area contributed by atoms with Crippen LogP contribution in [0.2, 0.25) is 0 Å². The Hall–Kier alpha value is -1.29. The summed E-state index contributed by atoms with van der Waals surface area (Å²) in [6.45, 7) is 8.11. The number of nitrogens with one attached hydrogen (secondary N) is 1. The van der Waals surface area contributed by atoms with E-state index in [1.54, 1.807) is 0 Å². The smallest absolute Gasteiger partial charge is 0.215 e. The van der Waals surface area contributed by atoms with Crippen LogP contribution in [-0.4, -0.2) is 37.3 Å². The van der Waals surface area contributed by atoms with Gasteiger partial charge in [0.15, 0.2) is 0 Å². The number of hydrogen-bond acceptors (Lipinski definition) is 4. The van der Waals surface area contributed by atoms with Gasteiger partial charge >= 0.3 is 0 Å². The molecule has 20 heavy (non-hydrogen) atoms. The lowest BCUT2D eigenvalue weighted by Gasteiger charge is -2.37. The summed E-state index contributed by atoms with van der Waals surface area (Å²) in [6.07, 6.45) is 5.01. The van der Waals surface area contributed by atoms with Crippen LogP contribution in [0.4, 0.5) is 5.82 Å². The Morgan fingerprint density at radius 3 is 3.05 bits per heavy atom. The molecule has 0 radical (unpaired) electrons. The molecule has 1 atom stereocenters. The number of ether oxygens (including phenoxy) is 1. The number of nitrogens with zero attached hydrogens (tertiary/aromatic N) is 2. The van der Waals surface area contributed by atoms with Crippen LogP contribution < -0.4 is 15.0 Å². The van der Waals surface area contributed by atoms with Gasteiger partial charge in [-0.15, -0.1) is 0 Å². The lowest BCUT2D eigenvalue weighted by Crippen LogP contribution is -2.46. The van der Waals surface area contributed by atoms with Crippen LogP contribution in [0.3, 0.4) is 0 Å². The molecule has 0 spiro atoms. The molecule has 1 saturated heterocycles. The minimum absolute atomic E-state index is 0.555. The fraction of sp³-hybridized carbons (Fsp3) is 0.688. The van der Waals surface area contributed by atoms with Crippen molar-refractivity contribution in [3.05, 3.63) is 18.2 Å². The molecule has 112 valence electrons. The van der Waals surface area contributed by atoms with Gasteiger partial charge in [-0.05, 0) is 45.2 Å². The molecule has 1 unspecified atom stereocenters. The van der Waals surface area contributed by atoms with E-state index in [2.05, 4.69) is 28.2 Å². The summed E-state index contributed by atoms with van der Waals surface area (Å²) in [7, 11) is 0. The molecule has 2 heterocycles. The molecule has 4 heteroatoms. The Morgan fingerprint density at radius 2 is 2.25 bits per heavy atom. The third-order valence-electron chi connectivity index (χ3n) is 3.73. The largest absolute Gasteiger partial charge is 0.478 e. The van der Waals surface area contributed by atoms with Gasteiger partial charge in [0.2, 0.25) is 5.88 Å². The Kier molecular flexibility index (Phi) is 6.12. The summed E-state index contributed by atoms with van der Waals surface area (Å²) < 4.78 is 5.52. The van der Waals surface area contributed by atoms with Crippen molar-refractivity contribution in [1.82, 2.24) is 10.3 Å². The van der Waals surface area contributed by atoms with Crippen LogP contribution in [0.15, 0.2) is 18.2 Å². The predicted molar refractivity (Wildman–Crippen MR) is 83.6 cm³/mol. The van der Waals surface area contributed by atoms with Crippen LogP contribution in [0.1, 0.15) is 39.5 Å². The summed E-state index contributed by atoms with van der Waals surface area (Å²) in [5.41, 5.74) is 0. The molecule has 0 saturated carbocycles. The van der Waals surface area contributed by atoms with Crippen LogP contribution in [0.5, 0.6) is 5.88 Å². The van der Waals surface area contributed by atoms with Gasteiger partial charge in [0.25, 0.3) is 0 Å². The Bertz CT molecular complexity index is 397. The van der Waals surface area contributed by atoms with Gasteiger partial charge in [0, 0.05) is 25.2 Å². The van der Waals surface area contributed by atoms with Crippen LogP contribution in [0, 0.1) is 0 Å². The molecule has 2 rings (SSSR count). The van der Waals surface area contributed by atoms with E-state index < -0.39 is 0 Å². The summed E-state index contributed by atoms with van der Waals surface area (Å²) >= 11 is 0. The van der Waals surface area contributed by atoms with Gasteiger partial charge in [0.05, 0.1) is 6.61 Å². The Morgan fingerprint density at radius 1 is 1.35 bits per heavy atom. The van der Waals surface area contributed by atoms with E-state index in [-0.39, 0.29) is 0 Å². The highest BCUT2D eigenvalue weighted by atomic mass is 16.5. The van der Waals surface area contributed by atoms with Crippen LogP contribution in [-0.2, 0) is 0 Å². The first kappa shape index (κ1) is 15.1. The monoisotopic (exact) mass is 277 g/mol. The number of anilines is 1. The van der Waals surface area contributed by atoms with Crippen LogP contribution in [0.25, 0.3) is 0 Å². The average Bonchev–Trinajstić information content (AvgIpc) is 2.49. The predicted octanol–water partition coefficient (Wildman–Crippen LogP) is 2.84. The number of rotatable bonds is 7. The summed E-state index contributed by atoms with van der Waals surface area (Å²) in [6, 6.07) is 6.63. The van der Waals surface area contributed by atoms with Crippen molar-refractivity contribution in [2.24, 2.45) is 0 Å². The Balaban J connectivity index is 2.04. The minimum atomic E-state index is 0.555. The van der Waals surface area contributed by atoms with E-state index in [1.165, 1.54) is 25.7 Å². The van der Waals surface area contributed by atoms with Crippen molar-refractivity contribution >= 4 is 5.82 Å². The molecule has 0 aromatic carbocycles. The molecular formula is C16H27N3O. The van der Waals surface area contributed by atoms with Crippen molar-refractivity contribution in [1.29, 1.82) is 0 Å². The highest BCUT2D eigenvalue weighted by molar-refractivity contribution is 5.42. The van der Waals surface area contributed by atoms with Crippen molar-refractivity contribution < 1.29 is 4.74 Å². The molecule has 4 nitrogen and oxygen atoms in total. The fourth-order valence-corrected chi connectivity index (χ4v) is 2.75. The van der Waals surface area contributed by atoms with Gasteiger partial charge in [-0.3, -0.25) is 0 Å². The third kappa shape index (κ3) is 4.10. The second kappa shape index (κ2) is 8.10. The maximum Gasteiger partial charge on any atom is 0.215 e. The molecular weight excluding hydrogens is 250 g/mol. The van der Waals surface area contributed by atoms with Gasteiger partial charge in [-0.1, -0.05) is 13.0 Å². The van der Waals surface area contributed by atoms with E-state index in [4.69, 9.17) is 4.74 Å². The molecule has 0 aliphatic carbocycles. The van der Waals surface area contributed by atoms with Gasteiger partial charge in [-0.2, -0.15) is 4.98 Å². The van der Waals surface area contributed by atoms with Crippen molar-refractivity contribution in [2.75, 3.05) is 31.1 Å². The SMILES string of the molecule is CCCNCC1CCCCN1c1cccc(OCC)n1. The first-order valence-electron chi connectivity index (χ1n) is 7.92. The minimum Gasteiger partial charge on any atom is -0.478 e. The first-order valence-corrected chi connectivity index (χ1v) is 7.92. The van der Waals surface area contributed by atoms with E-state index in [1.807, 2.05) is 19.1 Å². The van der Waals surface area contributed by atoms with E-state index in [9.17, 15) is 0 Å². The number of pyridine rings is 1. The molecule has 1 aromatic rings. The van der Waals surface area contributed by atoms with Gasteiger partial charge in [-0.25, -0.2) is 0 Å². The number of hydrogen-bond donors (Lipinski definition) is 1. The van der Waals surface area contributed by atoms with E-state index in [0.717, 1.165) is 31.3 Å². The van der Waals surface area contributed by atoms with E-state index >= 15 is 0 Å². The molecule has 1 fully saturated rings. The normalized spacial score (nSPS) is 19.1. The zero-order valence-electron chi connectivity index (χ0n) is 12.8. The maximum atomic E-state index is 5.52. The van der Waals surface area contributed by atoms with Crippen molar-refractivity contribution in [3.63, 3.8) is 0 Å². The summed E-state index contributed by atoms with van der Waals surface area (Å²) in [5, 5.41) is 3.54. The fourth-order valence-electron chi connectivity index (χ4n) is 2.75. The second-order valence-corrected chi connectivity index (χ2v) is 5.31. The molecule has 1 aliphatic heterocycles. The van der Waals surface area contributed by atoms with E-state index in [0.29, 0.717) is 12.6 Å². The summed E-state index contributed by atoms with van der Waals surface area (Å²) in [5.74, 6) is 1.79. The van der Waals surface area contributed by atoms with Gasteiger partial charge in [0.1, 0.15) is 5.82 Å². The van der Waals surface area contributed by atoms with Crippen molar-refractivity contribution in [3.8, 4) is 5.88 Å². The third-order valence-corrected chi connectivity index (χ3v) is 3.73. The Labute approximate surface area is 122 Å². The standard InChI is InChI=1S/C16H27N3O/c1-3-11-17-13-14-8-5-6-12-19(14)15-9-7-10-16(18-15)20-4-2/h7,9-10,14,17H,3-6,8,11-13H2,1-2H3.